The van der Waals surface area contributed by atoms with Crippen LogP contribution >= 0.6 is 0 Å². The van der Waals surface area contributed by atoms with Gasteiger partial charge >= 0.3 is 0 Å². The van der Waals surface area contributed by atoms with E-state index in [-0.39, 0.29) is 57.2 Å². The molecule has 5 aliphatic rings. The van der Waals surface area contributed by atoms with Crippen LogP contribution in [0.4, 0.5) is 0 Å². The number of carbonyl (C=O) groups excluding carboxylic acids is 3. The zero-order valence-corrected chi connectivity index (χ0v) is 28.3. The van der Waals surface area contributed by atoms with Gasteiger partial charge in [-0.15, -0.1) is 0 Å². The molecular weight excluding hydrogens is 572 g/mol. The molecule has 7 rings (SSSR count). The smallest absolute Gasteiger partial charge is 0.238 e. The van der Waals surface area contributed by atoms with Gasteiger partial charge in [-0.3, -0.25) is 19.1 Å². The molecule has 7 atom stereocenters. The second-order valence-electron chi connectivity index (χ2n) is 17.1. The lowest BCUT2D eigenvalue weighted by atomic mass is 9.34. The first-order valence-corrected chi connectivity index (χ1v) is 16.9. The molecule has 0 N–H and O–H groups in total. The van der Waals surface area contributed by atoms with E-state index in [1.165, 1.54) is 0 Å². The summed E-state index contributed by atoms with van der Waals surface area (Å²) in [5.74, 6) is -0.292. The lowest BCUT2D eigenvalue weighted by molar-refractivity contribution is -0.164. The summed E-state index contributed by atoms with van der Waals surface area (Å²) in [6.45, 7) is 23.2. The highest BCUT2D eigenvalue weighted by molar-refractivity contribution is 6.03. The Labute approximate surface area is 272 Å². The summed E-state index contributed by atoms with van der Waals surface area (Å²) in [4.78, 5) is 55.5. The Balaban J connectivity index is 1.34. The second kappa shape index (κ2) is 9.69. The summed E-state index contributed by atoms with van der Waals surface area (Å²) in [7, 11) is 0. The van der Waals surface area contributed by atoms with Crippen LogP contribution < -0.4 is 0 Å². The minimum Gasteiger partial charge on any atom is -0.307 e. The summed E-state index contributed by atoms with van der Waals surface area (Å²) < 4.78 is 1.68. The van der Waals surface area contributed by atoms with Gasteiger partial charge in [0, 0.05) is 40.9 Å². The van der Waals surface area contributed by atoms with Crippen molar-refractivity contribution in [1.29, 1.82) is 0 Å². The van der Waals surface area contributed by atoms with Crippen molar-refractivity contribution < 1.29 is 14.4 Å². The standard InChI is InChI=1S/C39H46N4O3/c1-34(2)13-15-39(33(46)43-22-27(42-23-43)24-10-9-17-41-21-24)16-14-38(7)31(25(39)19-34)28(44)18-30-36(5)20-26(40-8)32(45)35(3,4)29(36)11-12-37(30,38)6/h9-10,17-18,20-23,25,29,31H,11-16,19H2,1-7H3. The highest BCUT2D eigenvalue weighted by Crippen LogP contribution is 2.74. The van der Waals surface area contributed by atoms with E-state index in [2.05, 4.69) is 49.4 Å². The number of hydrogen-bond acceptors (Lipinski definition) is 5. The Morgan fingerprint density at radius 2 is 1.76 bits per heavy atom. The predicted octanol–water partition coefficient (Wildman–Crippen LogP) is 8.16. The molecule has 240 valence electrons. The van der Waals surface area contributed by atoms with Crippen LogP contribution in [0.25, 0.3) is 16.1 Å². The molecule has 0 spiro atoms. The number of carbonyl (C=O) groups is 3. The Hall–Kier alpha value is -3.66. The average molecular weight is 619 g/mol. The van der Waals surface area contributed by atoms with Crippen LogP contribution in [0.5, 0.6) is 0 Å². The fourth-order valence-electron chi connectivity index (χ4n) is 11.3. The van der Waals surface area contributed by atoms with Crippen molar-refractivity contribution >= 4 is 17.5 Å². The maximum absolute atomic E-state index is 14.8. The van der Waals surface area contributed by atoms with Gasteiger partial charge < -0.3 is 4.79 Å². The average Bonchev–Trinajstić information content (AvgIpc) is 3.50. The van der Waals surface area contributed by atoms with E-state index in [1.54, 1.807) is 23.3 Å². The fourth-order valence-corrected chi connectivity index (χ4v) is 11.3. The Morgan fingerprint density at radius 1 is 1.02 bits per heavy atom. The largest absolute Gasteiger partial charge is 0.307 e. The third-order valence-electron chi connectivity index (χ3n) is 14.0. The van der Waals surface area contributed by atoms with Gasteiger partial charge in [-0.25, -0.2) is 9.83 Å². The first-order chi connectivity index (χ1) is 21.5. The van der Waals surface area contributed by atoms with Gasteiger partial charge in [0.1, 0.15) is 6.33 Å². The number of fused-ring (bicyclic) bond motifs is 7. The highest BCUT2D eigenvalue weighted by Gasteiger charge is 2.70. The van der Waals surface area contributed by atoms with Crippen molar-refractivity contribution in [2.24, 2.45) is 50.2 Å². The van der Waals surface area contributed by atoms with Crippen LogP contribution in [-0.4, -0.2) is 32.0 Å². The highest BCUT2D eigenvalue weighted by atomic mass is 16.2. The Bertz CT molecular complexity index is 1770. The topological polar surface area (TPSA) is 86.3 Å². The molecule has 7 heteroatoms. The first kappa shape index (κ1) is 31.0. The first-order valence-electron chi connectivity index (χ1n) is 16.9. The fraction of sp³-hybridized carbons (Fsp3) is 0.590. The van der Waals surface area contributed by atoms with Crippen LogP contribution in [0.3, 0.4) is 0 Å². The van der Waals surface area contributed by atoms with Crippen molar-refractivity contribution in [2.75, 3.05) is 0 Å². The predicted molar refractivity (Wildman–Crippen MR) is 176 cm³/mol. The third kappa shape index (κ3) is 3.91. The number of nitrogens with zero attached hydrogens (tertiary/aromatic N) is 4. The van der Waals surface area contributed by atoms with Crippen molar-refractivity contribution in [2.45, 2.75) is 93.4 Å². The van der Waals surface area contributed by atoms with Crippen molar-refractivity contribution in [1.82, 2.24) is 14.5 Å². The minimum atomic E-state index is -0.687. The van der Waals surface area contributed by atoms with Gasteiger partial charge in [0.2, 0.25) is 11.6 Å². The van der Waals surface area contributed by atoms with Crippen LogP contribution in [0.15, 0.2) is 60.5 Å². The molecule has 3 fully saturated rings. The number of aromatic nitrogens is 3. The summed E-state index contributed by atoms with van der Waals surface area (Å²) in [6.07, 6.45) is 16.5. The molecule has 0 saturated heterocycles. The molecule has 7 unspecified atom stereocenters. The molecule has 2 heterocycles. The lowest BCUT2D eigenvalue weighted by Crippen LogP contribution is -2.66. The van der Waals surface area contributed by atoms with Gasteiger partial charge in [0.15, 0.2) is 11.6 Å². The molecule has 0 aliphatic heterocycles. The lowest BCUT2D eigenvalue weighted by Gasteiger charge is -2.69. The SMILES string of the molecule is [C-]#[N+]C1=CC2(C)C3=CC(=O)C4C5CC(C)(C)CCC5(C(=O)n5cnc(-c6cccnc6)c5)CCC4(C)C3(C)CCC2C(C)(C)C1=O. The number of hydrogen-bond donors (Lipinski definition) is 0. The molecule has 2 aromatic rings. The molecule has 3 saturated carbocycles. The molecule has 0 aromatic carbocycles. The zero-order valence-electron chi connectivity index (χ0n) is 28.3. The normalized spacial score (nSPS) is 39.0. The van der Waals surface area contributed by atoms with Crippen LogP contribution in [0, 0.1) is 56.8 Å². The number of imidazole rings is 1. The van der Waals surface area contributed by atoms with Crippen molar-refractivity contribution in [3.05, 3.63) is 71.9 Å². The van der Waals surface area contributed by atoms with E-state index in [4.69, 9.17) is 6.57 Å². The van der Waals surface area contributed by atoms with E-state index in [1.807, 2.05) is 44.3 Å². The number of rotatable bonds is 2. The Kier molecular flexibility index (Phi) is 6.52. The van der Waals surface area contributed by atoms with Crippen LogP contribution in [-0.2, 0) is 9.59 Å². The zero-order chi connectivity index (χ0) is 33.1. The van der Waals surface area contributed by atoms with Gasteiger partial charge in [-0.2, -0.15) is 0 Å². The molecule has 0 bridgehead atoms. The minimum absolute atomic E-state index is 0.0122. The second-order valence-corrected chi connectivity index (χ2v) is 17.1. The molecule has 0 amide bonds. The van der Waals surface area contributed by atoms with E-state index in [9.17, 15) is 14.4 Å². The molecule has 2 aromatic heterocycles. The number of allylic oxidation sites excluding steroid dienone is 4. The van der Waals surface area contributed by atoms with Crippen LogP contribution in [0.1, 0.15) is 98.2 Å². The van der Waals surface area contributed by atoms with Crippen molar-refractivity contribution in [3.63, 3.8) is 0 Å². The molecule has 5 aliphatic carbocycles. The number of ketones is 2. The monoisotopic (exact) mass is 618 g/mol. The maximum Gasteiger partial charge on any atom is 0.238 e. The quantitative estimate of drug-likeness (QED) is 0.317. The van der Waals surface area contributed by atoms with Gasteiger partial charge in [0.25, 0.3) is 0 Å². The van der Waals surface area contributed by atoms with Crippen LogP contribution in [0.2, 0.25) is 0 Å². The van der Waals surface area contributed by atoms with E-state index >= 15 is 0 Å². The third-order valence-corrected chi connectivity index (χ3v) is 14.0. The molecule has 0 radical (unpaired) electrons. The van der Waals surface area contributed by atoms with E-state index in [0.29, 0.717) is 5.69 Å². The van der Waals surface area contributed by atoms with Crippen molar-refractivity contribution in [3.8, 4) is 11.3 Å². The van der Waals surface area contributed by atoms with Gasteiger partial charge in [-0.05, 0) is 91.2 Å². The number of pyridine rings is 1. The summed E-state index contributed by atoms with van der Waals surface area (Å²) in [6, 6.07) is 3.81. The summed E-state index contributed by atoms with van der Waals surface area (Å²) in [5, 5.41) is 0. The molecule has 46 heavy (non-hydrogen) atoms. The Morgan fingerprint density at radius 3 is 2.46 bits per heavy atom. The number of Topliss-reactive ketones (excluding diaryl/α,β-unsaturated/α-hetero) is 1. The molecule has 7 nitrogen and oxygen atoms in total. The van der Waals surface area contributed by atoms with E-state index in [0.717, 1.165) is 56.1 Å². The summed E-state index contributed by atoms with van der Waals surface area (Å²) in [5.41, 5.74) is 0.299. The van der Waals surface area contributed by atoms with Gasteiger partial charge in [-0.1, -0.05) is 60.1 Å². The van der Waals surface area contributed by atoms with E-state index < -0.39 is 16.2 Å². The molecular formula is C39H46N4O3. The maximum atomic E-state index is 14.8. The summed E-state index contributed by atoms with van der Waals surface area (Å²) >= 11 is 0. The van der Waals surface area contributed by atoms with Gasteiger partial charge in [0.05, 0.1) is 17.7 Å².